The lowest BCUT2D eigenvalue weighted by molar-refractivity contribution is 0.0184. The van der Waals surface area contributed by atoms with Gasteiger partial charge in [0.05, 0.1) is 6.61 Å². The fraction of sp³-hybridized carbons (Fsp3) is 0.240. The zero-order valence-electron chi connectivity index (χ0n) is 17.2. The van der Waals surface area contributed by atoms with E-state index < -0.39 is 18.3 Å². The Labute approximate surface area is 194 Å². The van der Waals surface area contributed by atoms with Crippen LogP contribution >= 0.6 is 15.9 Å². The molecule has 0 aromatic heterocycles. The molecular formula is C25H24BrNO5. The minimum atomic E-state index is -1.23. The number of hydrogen-bond acceptors (Lipinski definition) is 5. The molecule has 0 aliphatic heterocycles. The first-order valence-corrected chi connectivity index (χ1v) is 11.1. The Morgan fingerprint density at radius 1 is 1.00 bits per heavy atom. The van der Waals surface area contributed by atoms with E-state index in [2.05, 4.69) is 33.4 Å². The van der Waals surface area contributed by atoms with Gasteiger partial charge in [0.15, 0.2) is 0 Å². The summed E-state index contributed by atoms with van der Waals surface area (Å²) in [4.78, 5) is 12.3. The Bertz CT molecular complexity index is 1070. The number of fused-ring (bicyclic) bond motifs is 3. The smallest absolute Gasteiger partial charge is 0.407 e. The van der Waals surface area contributed by atoms with E-state index in [4.69, 9.17) is 4.74 Å². The summed E-state index contributed by atoms with van der Waals surface area (Å²) in [5.74, 6) is -0.0525. The van der Waals surface area contributed by atoms with E-state index in [1.54, 1.807) is 18.2 Å². The van der Waals surface area contributed by atoms with Crippen molar-refractivity contribution in [2.75, 3.05) is 13.2 Å². The second-order valence-corrected chi connectivity index (χ2v) is 8.58. The van der Waals surface area contributed by atoms with E-state index in [-0.39, 0.29) is 25.7 Å². The van der Waals surface area contributed by atoms with E-state index in [9.17, 15) is 20.1 Å². The second-order valence-electron chi connectivity index (χ2n) is 7.73. The van der Waals surface area contributed by atoms with Gasteiger partial charge in [-0.1, -0.05) is 70.5 Å². The molecule has 1 amide bonds. The van der Waals surface area contributed by atoms with Gasteiger partial charge in [0.1, 0.15) is 18.8 Å². The maximum absolute atomic E-state index is 12.3. The molecule has 0 bridgehead atoms. The van der Waals surface area contributed by atoms with Crippen LogP contribution in [-0.2, 0) is 11.3 Å². The number of rotatable bonds is 7. The van der Waals surface area contributed by atoms with Gasteiger partial charge < -0.3 is 25.4 Å². The van der Waals surface area contributed by atoms with Crippen molar-refractivity contribution in [3.8, 4) is 11.1 Å². The summed E-state index contributed by atoms with van der Waals surface area (Å²) in [5.41, 5.74) is 5.57. The van der Waals surface area contributed by atoms with Crippen molar-refractivity contribution >= 4 is 22.0 Å². The van der Waals surface area contributed by atoms with E-state index in [0.717, 1.165) is 22.3 Å². The molecule has 4 N–H and O–H groups in total. The predicted molar refractivity (Wildman–Crippen MR) is 124 cm³/mol. The molecule has 6 nitrogen and oxygen atoms in total. The highest BCUT2D eigenvalue weighted by Crippen LogP contribution is 2.44. The van der Waals surface area contributed by atoms with E-state index >= 15 is 0 Å². The monoisotopic (exact) mass is 497 g/mol. The van der Waals surface area contributed by atoms with Gasteiger partial charge in [0.25, 0.3) is 0 Å². The SMILES string of the molecule is O=C(NCC(O)C(O)c1ccc(Br)c(CO)c1)OCC1c2ccccc2-c2ccccc21. The summed E-state index contributed by atoms with van der Waals surface area (Å²) in [5, 5.41) is 32.6. The number of alkyl carbamates (subject to hydrolysis) is 1. The molecule has 4 rings (SSSR count). The first kappa shape index (κ1) is 22.5. The van der Waals surface area contributed by atoms with Crippen LogP contribution in [0.15, 0.2) is 71.2 Å². The Balaban J connectivity index is 1.34. The standard InChI is InChI=1S/C25H24BrNO5/c26-22-10-9-15(11-16(22)13-28)24(30)23(29)12-27-25(31)32-14-21-19-7-3-1-5-17(19)18-6-2-4-8-20(18)21/h1-11,21,23-24,28-30H,12-14H2,(H,27,31). The minimum Gasteiger partial charge on any atom is -0.449 e. The van der Waals surface area contributed by atoms with Gasteiger partial charge in [-0.15, -0.1) is 0 Å². The zero-order chi connectivity index (χ0) is 22.7. The molecule has 166 valence electrons. The van der Waals surface area contributed by atoms with Crippen molar-refractivity contribution in [3.05, 3.63) is 93.5 Å². The zero-order valence-corrected chi connectivity index (χ0v) is 18.8. The quantitative estimate of drug-likeness (QED) is 0.397. The summed E-state index contributed by atoms with van der Waals surface area (Å²) >= 11 is 3.31. The van der Waals surface area contributed by atoms with Gasteiger partial charge in [-0.25, -0.2) is 4.79 Å². The molecule has 0 radical (unpaired) electrons. The van der Waals surface area contributed by atoms with Crippen LogP contribution in [0.4, 0.5) is 4.79 Å². The van der Waals surface area contributed by atoms with Crippen molar-refractivity contribution in [2.45, 2.75) is 24.7 Å². The Hall–Kier alpha value is -2.71. The molecule has 1 aliphatic carbocycles. The Kier molecular flexibility index (Phi) is 6.91. The highest BCUT2D eigenvalue weighted by molar-refractivity contribution is 9.10. The lowest BCUT2D eigenvalue weighted by atomic mass is 9.98. The van der Waals surface area contributed by atoms with Crippen LogP contribution in [0.3, 0.4) is 0 Å². The number of nitrogens with one attached hydrogen (secondary N) is 1. The molecule has 32 heavy (non-hydrogen) atoms. The van der Waals surface area contributed by atoms with Crippen LogP contribution in [-0.4, -0.2) is 40.7 Å². The van der Waals surface area contributed by atoms with Crippen LogP contribution in [0.25, 0.3) is 11.1 Å². The fourth-order valence-corrected chi connectivity index (χ4v) is 4.44. The predicted octanol–water partition coefficient (Wildman–Crippen LogP) is 3.87. The molecule has 2 atom stereocenters. The minimum absolute atomic E-state index is 0.0525. The van der Waals surface area contributed by atoms with Crippen molar-refractivity contribution in [2.24, 2.45) is 0 Å². The molecule has 3 aromatic carbocycles. The number of amides is 1. The van der Waals surface area contributed by atoms with Crippen molar-refractivity contribution in [1.82, 2.24) is 5.32 Å². The fourth-order valence-electron chi connectivity index (χ4n) is 4.07. The number of hydrogen-bond donors (Lipinski definition) is 4. The maximum atomic E-state index is 12.3. The van der Waals surface area contributed by atoms with Gasteiger partial charge in [-0.2, -0.15) is 0 Å². The lowest BCUT2D eigenvalue weighted by Crippen LogP contribution is -2.36. The van der Waals surface area contributed by atoms with E-state index in [1.807, 2.05) is 36.4 Å². The first-order chi connectivity index (χ1) is 15.5. The van der Waals surface area contributed by atoms with Gasteiger partial charge in [0.2, 0.25) is 0 Å². The number of carbonyl (C=O) groups is 1. The molecule has 0 spiro atoms. The van der Waals surface area contributed by atoms with Gasteiger partial charge in [-0.05, 0) is 45.5 Å². The number of aliphatic hydroxyl groups is 3. The van der Waals surface area contributed by atoms with Gasteiger partial charge in [0, 0.05) is 16.9 Å². The average molecular weight is 498 g/mol. The van der Waals surface area contributed by atoms with Crippen molar-refractivity contribution < 1.29 is 24.9 Å². The highest BCUT2D eigenvalue weighted by atomic mass is 79.9. The second kappa shape index (κ2) is 9.83. The largest absolute Gasteiger partial charge is 0.449 e. The van der Waals surface area contributed by atoms with Crippen molar-refractivity contribution in [3.63, 3.8) is 0 Å². The molecule has 0 heterocycles. The summed E-state index contributed by atoms with van der Waals surface area (Å²) < 4.78 is 6.16. The maximum Gasteiger partial charge on any atom is 0.407 e. The third kappa shape index (κ3) is 4.56. The van der Waals surface area contributed by atoms with Crippen molar-refractivity contribution in [1.29, 1.82) is 0 Å². The Morgan fingerprint density at radius 3 is 2.25 bits per heavy atom. The summed E-state index contributed by atoms with van der Waals surface area (Å²) in [6.45, 7) is -0.206. The first-order valence-electron chi connectivity index (χ1n) is 10.3. The number of carbonyl (C=O) groups excluding carboxylic acids is 1. The molecule has 1 aliphatic rings. The van der Waals surface area contributed by atoms with E-state index in [1.165, 1.54) is 0 Å². The van der Waals surface area contributed by atoms with Gasteiger partial charge >= 0.3 is 6.09 Å². The summed E-state index contributed by atoms with van der Waals surface area (Å²) in [6.07, 6.45) is -3.12. The molecule has 7 heteroatoms. The Morgan fingerprint density at radius 2 is 1.62 bits per heavy atom. The van der Waals surface area contributed by atoms with Crippen LogP contribution in [0.1, 0.15) is 34.3 Å². The lowest BCUT2D eigenvalue weighted by Gasteiger charge is -2.20. The topological polar surface area (TPSA) is 99.0 Å². The van der Waals surface area contributed by atoms with Crippen LogP contribution in [0, 0.1) is 0 Å². The normalized spacial score (nSPS) is 14.4. The number of benzene rings is 3. The molecule has 0 saturated heterocycles. The third-order valence-corrected chi connectivity index (χ3v) is 6.52. The number of halogens is 1. The van der Waals surface area contributed by atoms with Gasteiger partial charge in [-0.3, -0.25) is 0 Å². The molecule has 2 unspecified atom stereocenters. The molecule has 0 fully saturated rings. The van der Waals surface area contributed by atoms with Crippen LogP contribution < -0.4 is 5.32 Å². The molecular weight excluding hydrogens is 474 g/mol. The van der Waals surface area contributed by atoms with Crippen LogP contribution in [0.2, 0.25) is 0 Å². The van der Waals surface area contributed by atoms with Crippen LogP contribution in [0.5, 0.6) is 0 Å². The molecule has 3 aromatic rings. The average Bonchev–Trinajstić information content (AvgIpc) is 3.14. The number of ether oxygens (including phenoxy) is 1. The highest BCUT2D eigenvalue weighted by Gasteiger charge is 2.29. The van der Waals surface area contributed by atoms with E-state index in [0.29, 0.717) is 15.6 Å². The summed E-state index contributed by atoms with van der Waals surface area (Å²) in [6, 6.07) is 21.1. The molecule has 0 saturated carbocycles. The summed E-state index contributed by atoms with van der Waals surface area (Å²) in [7, 11) is 0. The third-order valence-electron chi connectivity index (χ3n) is 5.75. The number of aliphatic hydroxyl groups excluding tert-OH is 3.